The predicted octanol–water partition coefficient (Wildman–Crippen LogP) is 3.61. The normalized spacial score (nSPS) is 10.8. The van der Waals surface area contributed by atoms with E-state index in [1.165, 1.54) is 0 Å². The van der Waals surface area contributed by atoms with Gasteiger partial charge >= 0.3 is 0 Å². The van der Waals surface area contributed by atoms with E-state index in [9.17, 15) is 14.4 Å². The topological polar surface area (TPSA) is 99.3 Å². The van der Waals surface area contributed by atoms with Crippen molar-refractivity contribution >= 4 is 34.8 Å². The fourth-order valence-electron chi connectivity index (χ4n) is 2.46. The van der Waals surface area contributed by atoms with Crippen molar-refractivity contribution in [3.63, 3.8) is 0 Å². The molecular formula is C22H28N4O3. The highest BCUT2D eigenvalue weighted by molar-refractivity contribution is 5.98. The first-order valence-electron chi connectivity index (χ1n) is 9.52. The molecule has 0 aromatic heterocycles. The molecule has 2 rings (SSSR count). The first-order chi connectivity index (χ1) is 13.7. The monoisotopic (exact) mass is 396 g/mol. The number of nitrogens with one attached hydrogen (secondary N) is 4. The minimum absolute atomic E-state index is 0.0523. The van der Waals surface area contributed by atoms with Gasteiger partial charge in [0.05, 0.1) is 6.54 Å². The molecule has 0 atom stereocenters. The van der Waals surface area contributed by atoms with Crippen LogP contribution in [0.25, 0.3) is 0 Å². The third-order valence-electron chi connectivity index (χ3n) is 3.84. The fraction of sp³-hybridized carbons (Fsp3) is 0.318. The lowest BCUT2D eigenvalue weighted by molar-refractivity contribution is -0.116. The predicted molar refractivity (Wildman–Crippen MR) is 116 cm³/mol. The zero-order valence-electron chi connectivity index (χ0n) is 17.3. The van der Waals surface area contributed by atoms with Gasteiger partial charge in [0, 0.05) is 34.6 Å². The summed E-state index contributed by atoms with van der Waals surface area (Å²) in [7, 11) is 0. The van der Waals surface area contributed by atoms with Crippen LogP contribution in [0.15, 0.2) is 48.5 Å². The largest absolute Gasteiger partial charge is 0.376 e. The van der Waals surface area contributed by atoms with Crippen LogP contribution in [0.5, 0.6) is 0 Å². The summed E-state index contributed by atoms with van der Waals surface area (Å²) in [5, 5.41) is 11.5. The van der Waals surface area contributed by atoms with Gasteiger partial charge in [0.25, 0.3) is 5.91 Å². The highest BCUT2D eigenvalue weighted by Gasteiger charge is 2.15. The highest BCUT2D eigenvalue weighted by atomic mass is 16.2. The van der Waals surface area contributed by atoms with Crippen LogP contribution in [-0.4, -0.2) is 29.8 Å². The van der Waals surface area contributed by atoms with Crippen LogP contribution in [-0.2, 0) is 9.59 Å². The molecule has 0 aliphatic rings. The zero-order chi connectivity index (χ0) is 21.4. The molecule has 2 aromatic carbocycles. The molecular weight excluding hydrogens is 368 g/mol. The quantitative estimate of drug-likeness (QED) is 0.574. The third kappa shape index (κ3) is 7.65. The minimum atomic E-state index is -0.338. The average molecular weight is 396 g/mol. The molecule has 4 N–H and O–H groups in total. The summed E-state index contributed by atoms with van der Waals surface area (Å²) < 4.78 is 0. The standard InChI is InChI=1S/C22H28N4O3/c1-5-19(27)24-17-11-9-16(10-12-17)23-14-20(28)25-18-8-6-7-15(13-18)21(29)26-22(2,3)4/h6-13,23H,5,14H2,1-4H3,(H,24,27)(H,25,28)(H,26,29). The number of anilines is 3. The van der Waals surface area contributed by atoms with Crippen molar-refractivity contribution in [3.8, 4) is 0 Å². The first kappa shape index (κ1) is 21.9. The summed E-state index contributed by atoms with van der Waals surface area (Å²) >= 11 is 0. The summed E-state index contributed by atoms with van der Waals surface area (Å²) in [6.07, 6.45) is 0.416. The van der Waals surface area contributed by atoms with Crippen LogP contribution in [0, 0.1) is 0 Å². The van der Waals surface area contributed by atoms with Gasteiger partial charge in [-0.15, -0.1) is 0 Å². The van der Waals surface area contributed by atoms with Crippen LogP contribution in [0.4, 0.5) is 17.1 Å². The maximum absolute atomic E-state index is 12.3. The van der Waals surface area contributed by atoms with E-state index >= 15 is 0 Å². The number of hydrogen-bond donors (Lipinski definition) is 4. The van der Waals surface area contributed by atoms with Crippen molar-refractivity contribution in [1.29, 1.82) is 0 Å². The van der Waals surface area contributed by atoms with Gasteiger partial charge in [0.15, 0.2) is 0 Å². The molecule has 2 aromatic rings. The molecule has 154 valence electrons. The molecule has 0 spiro atoms. The van der Waals surface area contributed by atoms with E-state index in [0.29, 0.717) is 23.4 Å². The van der Waals surface area contributed by atoms with E-state index in [-0.39, 0.29) is 29.8 Å². The van der Waals surface area contributed by atoms with Gasteiger partial charge in [-0.3, -0.25) is 14.4 Å². The van der Waals surface area contributed by atoms with Crippen LogP contribution in [0.2, 0.25) is 0 Å². The van der Waals surface area contributed by atoms with Crippen molar-refractivity contribution in [2.24, 2.45) is 0 Å². The Morgan fingerprint density at radius 1 is 0.828 bits per heavy atom. The second kappa shape index (κ2) is 9.73. The van der Waals surface area contributed by atoms with Crippen LogP contribution >= 0.6 is 0 Å². The average Bonchev–Trinajstić information content (AvgIpc) is 2.66. The Hall–Kier alpha value is -3.35. The summed E-state index contributed by atoms with van der Waals surface area (Å²) in [5.41, 5.74) is 2.16. The number of hydrogen-bond acceptors (Lipinski definition) is 4. The second-order valence-corrected chi connectivity index (χ2v) is 7.67. The minimum Gasteiger partial charge on any atom is -0.376 e. The highest BCUT2D eigenvalue weighted by Crippen LogP contribution is 2.15. The molecule has 0 bridgehead atoms. The van der Waals surface area contributed by atoms with E-state index in [1.807, 2.05) is 20.8 Å². The molecule has 29 heavy (non-hydrogen) atoms. The van der Waals surface area contributed by atoms with Gasteiger partial charge in [0.2, 0.25) is 11.8 Å². The Balaban J connectivity index is 1.88. The van der Waals surface area contributed by atoms with E-state index < -0.39 is 0 Å². The SMILES string of the molecule is CCC(=O)Nc1ccc(NCC(=O)Nc2cccc(C(=O)NC(C)(C)C)c2)cc1. The van der Waals surface area contributed by atoms with Gasteiger partial charge in [-0.2, -0.15) is 0 Å². The lowest BCUT2D eigenvalue weighted by atomic mass is 10.1. The summed E-state index contributed by atoms with van der Waals surface area (Å²) in [5.74, 6) is -0.479. The molecule has 0 unspecified atom stereocenters. The number of benzene rings is 2. The number of rotatable bonds is 7. The van der Waals surface area contributed by atoms with E-state index in [0.717, 1.165) is 5.69 Å². The maximum atomic E-state index is 12.3. The second-order valence-electron chi connectivity index (χ2n) is 7.67. The van der Waals surface area contributed by atoms with Crippen LogP contribution < -0.4 is 21.3 Å². The Bertz CT molecular complexity index is 870. The molecule has 0 aliphatic carbocycles. The molecule has 3 amide bonds. The molecule has 0 fully saturated rings. The Morgan fingerprint density at radius 3 is 2.07 bits per heavy atom. The van der Waals surface area contributed by atoms with Crippen molar-refractivity contribution in [3.05, 3.63) is 54.1 Å². The lowest BCUT2D eigenvalue weighted by Gasteiger charge is -2.20. The van der Waals surface area contributed by atoms with Crippen molar-refractivity contribution in [2.75, 3.05) is 22.5 Å². The van der Waals surface area contributed by atoms with Gasteiger partial charge in [-0.05, 0) is 63.2 Å². The Labute approximate surface area is 171 Å². The molecule has 0 radical (unpaired) electrons. The maximum Gasteiger partial charge on any atom is 0.251 e. The summed E-state index contributed by atoms with van der Waals surface area (Å²) in [6.45, 7) is 7.58. The molecule has 0 aliphatic heterocycles. The summed E-state index contributed by atoms with van der Waals surface area (Å²) in [4.78, 5) is 35.9. The number of amides is 3. The van der Waals surface area contributed by atoms with E-state index in [4.69, 9.17) is 0 Å². The van der Waals surface area contributed by atoms with E-state index in [2.05, 4.69) is 21.3 Å². The zero-order valence-corrected chi connectivity index (χ0v) is 17.3. The van der Waals surface area contributed by atoms with Crippen molar-refractivity contribution < 1.29 is 14.4 Å². The molecule has 0 saturated heterocycles. The molecule has 0 heterocycles. The summed E-state index contributed by atoms with van der Waals surface area (Å²) in [6, 6.07) is 13.9. The van der Waals surface area contributed by atoms with Gasteiger partial charge < -0.3 is 21.3 Å². The van der Waals surface area contributed by atoms with Gasteiger partial charge in [-0.25, -0.2) is 0 Å². The Morgan fingerprint density at radius 2 is 1.45 bits per heavy atom. The van der Waals surface area contributed by atoms with Crippen molar-refractivity contribution in [1.82, 2.24) is 5.32 Å². The van der Waals surface area contributed by atoms with Crippen molar-refractivity contribution in [2.45, 2.75) is 39.7 Å². The lowest BCUT2D eigenvalue weighted by Crippen LogP contribution is -2.40. The third-order valence-corrected chi connectivity index (χ3v) is 3.84. The van der Waals surface area contributed by atoms with Crippen LogP contribution in [0.3, 0.4) is 0 Å². The van der Waals surface area contributed by atoms with Gasteiger partial charge in [-0.1, -0.05) is 13.0 Å². The first-order valence-corrected chi connectivity index (χ1v) is 9.52. The van der Waals surface area contributed by atoms with Crippen LogP contribution in [0.1, 0.15) is 44.5 Å². The molecule has 0 saturated carbocycles. The van der Waals surface area contributed by atoms with Gasteiger partial charge in [0.1, 0.15) is 0 Å². The molecule has 7 heteroatoms. The Kier molecular flexibility index (Phi) is 7.36. The number of carbonyl (C=O) groups excluding carboxylic acids is 3. The number of carbonyl (C=O) groups is 3. The fourth-order valence-corrected chi connectivity index (χ4v) is 2.46. The van der Waals surface area contributed by atoms with E-state index in [1.54, 1.807) is 55.5 Å². The smallest absolute Gasteiger partial charge is 0.251 e. The molecule has 7 nitrogen and oxygen atoms in total.